The minimum Gasteiger partial charge on any atom is -0.454 e. The molecule has 0 aliphatic heterocycles. The lowest BCUT2D eigenvalue weighted by molar-refractivity contribution is 0.0474. The number of benzene rings is 2. The first-order chi connectivity index (χ1) is 11.8. The molecule has 2 aromatic carbocycles. The van der Waals surface area contributed by atoms with E-state index in [0.717, 1.165) is 6.07 Å². The molecular weight excluding hydrogens is 389 g/mol. The van der Waals surface area contributed by atoms with E-state index in [2.05, 4.69) is 4.72 Å². The van der Waals surface area contributed by atoms with Gasteiger partial charge in [0, 0.05) is 5.56 Å². The van der Waals surface area contributed by atoms with E-state index in [-0.39, 0.29) is 26.1 Å². The van der Waals surface area contributed by atoms with Crippen molar-refractivity contribution < 1.29 is 22.7 Å². The highest BCUT2D eigenvalue weighted by atomic mass is 35.5. The van der Waals surface area contributed by atoms with Crippen molar-refractivity contribution in [2.24, 2.45) is 0 Å². The number of carbonyl (C=O) groups is 2. The SMILES string of the molecule is CNS(=O)(=O)c1cc(C(=O)OCC(=O)c2ccccc2Cl)ccc1Cl. The number of carbonyl (C=O) groups excluding carboxylic acids is 2. The van der Waals surface area contributed by atoms with Gasteiger partial charge in [0.1, 0.15) is 4.90 Å². The first-order valence-electron chi connectivity index (χ1n) is 6.94. The molecule has 0 heterocycles. The van der Waals surface area contributed by atoms with Crippen molar-refractivity contribution in [2.45, 2.75) is 4.90 Å². The first kappa shape index (κ1) is 19.4. The summed E-state index contributed by atoms with van der Waals surface area (Å²) >= 11 is 11.8. The van der Waals surface area contributed by atoms with Crippen LogP contribution in [0.4, 0.5) is 0 Å². The van der Waals surface area contributed by atoms with Crippen molar-refractivity contribution in [2.75, 3.05) is 13.7 Å². The number of esters is 1. The van der Waals surface area contributed by atoms with Crippen molar-refractivity contribution in [1.82, 2.24) is 4.72 Å². The van der Waals surface area contributed by atoms with Crippen molar-refractivity contribution in [3.05, 3.63) is 63.6 Å². The van der Waals surface area contributed by atoms with Crippen LogP contribution in [0.25, 0.3) is 0 Å². The summed E-state index contributed by atoms with van der Waals surface area (Å²) in [6.07, 6.45) is 0. The molecule has 0 aliphatic rings. The van der Waals surface area contributed by atoms with Crippen LogP contribution >= 0.6 is 23.2 Å². The number of ether oxygens (including phenoxy) is 1. The third kappa shape index (κ3) is 4.58. The minimum atomic E-state index is -3.84. The Kier molecular flexibility index (Phi) is 6.18. The highest BCUT2D eigenvalue weighted by molar-refractivity contribution is 7.89. The fourth-order valence-electron chi connectivity index (χ4n) is 1.93. The number of hydrogen-bond acceptors (Lipinski definition) is 5. The first-order valence-corrected chi connectivity index (χ1v) is 9.18. The van der Waals surface area contributed by atoms with Crippen molar-refractivity contribution >= 4 is 45.0 Å². The molecule has 0 fully saturated rings. The van der Waals surface area contributed by atoms with Gasteiger partial charge in [-0.15, -0.1) is 0 Å². The van der Waals surface area contributed by atoms with Crippen LogP contribution < -0.4 is 4.72 Å². The van der Waals surface area contributed by atoms with Crippen LogP contribution in [-0.2, 0) is 14.8 Å². The summed E-state index contributed by atoms with van der Waals surface area (Å²) < 4.78 is 30.8. The van der Waals surface area contributed by atoms with Crippen LogP contribution in [0.1, 0.15) is 20.7 Å². The third-order valence-corrected chi connectivity index (χ3v) is 5.46. The predicted octanol–water partition coefficient (Wildman–Crippen LogP) is 2.94. The quantitative estimate of drug-likeness (QED) is 0.593. The lowest BCUT2D eigenvalue weighted by atomic mass is 10.1. The van der Waals surface area contributed by atoms with Gasteiger partial charge >= 0.3 is 5.97 Å². The monoisotopic (exact) mass is 401 g/mol. The Morgan fingerprint density at radius 3 is 2.40 bits per heavy atom. The molecule has 132 valence electrons. The average Bonchev–Trinajstić information content (AvgIpc) is 2.60. The zero-order valence-electron chi connectivity index (χ0n) is 13.0. The van der Waals surface area contributed by atoms with Crippen molar-refractivity contribution in [3.8, 4) is 0 Å². The summed E-state index contributed by atoms with van der Waals surface area (Å²) in [5.41, 5.74) is 0.178. The molecule has 0 radical (unpaired) electrons. The summed E-state index contributed by atoms with van der Waals surface area (Å²) in [5, 5.41) is 0.204. The number of rotatable bonds is 6. The van der Waals surface area contributed by atoms with Gasteiger partial charge in [-0.05, 0) is 37.4 Å². The van der Waals surface area contributed by atoms with Crippen LogP contribution in [-0.4, -0.2) is 33.8 Å². The van der Waals surface area contributed by atoms with Gasteiger partial charge in [0.15, 0.2) is 6.61 Å². The molecular formula is C16H13Cl2NO5S. The fourth-order valence-corrected chi connectivity index (χ4v) is 3.42. The van der Waals surface area contributed by atoms with E-state index in [1.807, 2.05) is 0 Å². The molecule has 0 aromatic heterocycles. The van der Waals surface area contributed by atoms with Gasteiger partial charge in [0.2, 0.25) is 15.8 Å². The van der Waals surface area contributed by atoms with E-state index in [9.17, 15) is 18.0 Å². The van der Waals surface area contributed by atoms with Crippen LogP contribution in [0.3, 0.4) is 0 Å². The molecule has 0 saturated heterocycles. The second-order valence-electron chi connectivity index (χ2n) is 4.83. The van der Waals surface area contributed by atoms with E-state index in [1.54, 1.807) is 18.2 Å². The maximum atomic E-state index is 12.1. The van der Waals surface area contributed by atoms with E-state index < -0.39 is 28.4 Å². The average molecular weight is 402 g/mol. The second kappa shape index (κ2) is 7.97. The summed E-state index contributed by atoms with van der Waals surface area (Å²) in [4.78, 5) is 23.9. The third-order valence-electron chi connectivity index (χ3n) is 3.23. The molecule has 0 unspecified atom stereocenters. The van der Waals surface area contributed by atoms with E-state index >= 15 is 0 Å². The Balaban J connectivity index is 2.15. The Bertz CT molecular complexity index is 928. The highest BCUT2D eigenvalue weighted by Gasteiger charge is 2.20. The standard InChI is InChI=1S/C16H13Cl2NO5S/c1-19-25(22,23)15-8-10(6-7-13(15)18)16(21)24-9-14(20)11-4-2-3-5-12(11)17/h2-8,19H,9H2,1H3. The van der Waals surface area contributed by atoms with Gasteiger partial charge < -0.3 is 4.74 Å². The maximum absolute atomic E-state index is 12.1. The lowest BCUT2D eigenvalue weighted by Gasteiger charge is -2.08. The molecule has 6 nitrogen and oxygen atoms in total. The molecule has 1 N–H and O–H groups in total. The number of halogens is 2. The smallest absolute Gasteiger partial charge is 0.338 e. The fraction of sp³-hybridized carbons (Fsp3) is 0.125. The van der Waals surface area contributed by atoms with Gasteiger partial charge in [-0.1, -0.05) is 35.3 Å². The van der Waals surface area contributed by atoms with Crippen molar-refractivity contribution in [3.63, 3.8) is 0 Å². The molecule has 0 spiro atoms. The normalized spacial score (nSPS) is 11.2. The van der Waals surface area contributed by atoms with E-state index in [1.165, 1.54) is 25.2 Å². The molecule has 2 aromatic rings. The predicted molar refractivity (Wildman–Crippen MR) is 93.8 cm³/mol. The number of nitrogens with one attached hydrogen (secondary N) is 1. The second-order valence-corrected chi connectivity index (χ2v) is 7.50. The van der Waals surface area contributed by atoms with Gasteiger partial charge in [0.25, 0.3) is 0 Å². The maximum Gasteiger partial charge on any atom is 0.338 e. The highest BCUT2D eigenvalue weighted by Crippen LogP contribution is 2.23. The molecule has 0 amide bonds. The minimum absolute atomic E-state index is 0.0435. The van der Waals surface area contributed by atoms with E-state index in [0.29, 0.717) is 0 Å². The molecule has 0 atom stereocenters. The summed E-state index contributed by atoms with van der Waals surface area (Å²) in [5.74, 6) is -1.33. The topological polar surface area (TPSA) is 89.5 Å². The number of hydrogen-bond donors (Lipinski definition) is 1. The number of sulfonamides is 1. The molecule has 0 saturated carbocycles. The van der Waals surface area contributed by atoms with Crippen molar-refractivity contribution in [1.29, 1.82) is 0 Å². The van der Waals surface area contributed by atoms with Crippen LogP contribution in [0.5, 0.6) is 0 Å². The lowest BCUT2D eigenvalue weighted by Crippen LogP contribution is -2.20. The van der Waals surface area contributed by atoms with Crippen LogP contribution in [0.2, 0.25) is 10.0 Å². The Labute approximate surface area is 154 Å². The molecule has 0 aliphatic carbocycles. The number of Topliss-reactive ketones (excluding diaryl/α,β-unsaturated/α-hetero) is 1. The Hall–Kier alpha value is -1.93. The molecule has 9 heteroatoms. The van der Waals surface area contributed by atoms with Crippen LogP contribution in [0.15, 0.2) is 47.4 Å². The molecule has 2 rings (SSSR count). The summed E-state index contributed by atoms with van der Waals surface area (Å²) in [7, 11) is -2.62. The number of ketones is 1. The summed E-state index contributed by atoms with van der Waals surface area (Å²) in [6, 6.07) is 10.0. The van der Waals surface area contributed by atoms with E-state index in [4.69, 9.17) is 27.9 Å². The zero-order chi connectivity index (χ0) is 18.6. The van der Waals surface area contributed by atoms with Gasteiger partial charge in [-0.2, -0.15) is 0 Å². The largest absolute Gasteiger partial charge is 0.454 e. The van der Waals surface area contributed by atoms with Gasteiger partial charge in [0.05, 0.1) is 15.6 Å². The zero-order valence-corrected chi connectivity index (χ0v) is 15.3. The molecule has 0 bridgehead atoms. The van der Waals surface area contributed by atoms with Crippen LogP contribution in [0, 0.1) is 0 Å². The molecule has 25 heavy (non-hydrogen) atoms. The Morgan fingerprint density at radius 1 is 1.08 bits per heavy atom. The van der Waals surface area contributed by atoms with Gasteiger partial charge in [-0.3, -0.25) is 4.79 Å². The van der Waals surface area contributed by atoms with Gasteiger partial charge in [-0.25, -0.2) is 17.9 Å². The Morgan fingerprint density at radius 2 is 1.76 bits per heavy atom. The summed E-state index contributed by atoms with van der Waals surface area (Å²) in [6.45, 7) is -0.528.